The highest BCUT2D eigenvalue weighted by Crippen LogP contribution is 2.39. The van der Waals surface area contributed by atoms with Gasteiger partial charge in [-0.1, -0.05) is 32.9 Å². The van der Waals surface area contributed by atoms with E-state index in [-0.39, 0.29) is 11.2 Å². The van der Waals surface area contributed by atoms with E-state index in [1.807, 2.05) is 33.2 Å². The van der Waals surface area contributed by atoms with Gasteiger partial charge >= 0.3 is 6.09 Å². The molecule has 0 aliphatic carbocycles. The van der Waals surface area contributed by atoms with Crippen molar-refractivity contribution in [2.45, 2.75) is 131 Å². The summed E-state index contributed by atoms with van der Waals surface area (Å²) in [5, 5.41) is 35.6. The topological polar surface area (TPSA) is 141 Å². The van der Waals surface area contributed by atoms with Gasteiger partial charge < -0.3 is 39.7 Å². The second kappa shape index (κ2) is 17.3. The van der Waals surface area contributed by atoms with Crippen LogP contribution in [-0.2, 0) is 25.5 Å². The number of fused-ring (bicyclic) bond motifs is 1. The van der Waals surface area contributed by atoms with Crippen LogP contribution in [0.4, 0.5) is 4.79 Å². The van der Waals surface area contributed by atoms with Crippen LogP contribution in [0.2, 0.25) is 0 Å². The summed E-state index contributed by atoms with van der Waals surface area (Å²) in [5.41, 5.74) is -0.416. The molecular weight excluding hydrogens is 667 g/mol. The van der Waals surface area contributed by atoms with Gasteiger partial charge in [0.2, 0.25) is 5.91 Å². The minimum Gasteiger partial charge on any atom is -0.444 e. The highest BCUT2D eigenvalue weighted by molar-refractivity contribution is 8.00. The monoisotopic (exact) mass is 725 g/mol. The maximum atomic E-state index is 14.6. The zero-order chi connectivity index (χ0) is 36.2. The molecule has 11 atom stereocenters. The number of aliphatic hydroxyl groups excluding tert-OH is 3. The lowest BCUT2D eigenvalue weighted by Crippen LogP contribution is -2.66. The molecule has 0 radical (unpaired) electrons. The maximum absolute atomic E-state index is 14.6. The van der Waals surface area contributed by atoms with E-state index in [4.69, 9.17) is 14.2 Å². The standard InChI is InChI=1S/C36H59N3O8S2/c1-20(2)16-23-14-15-45-31-24(17-23)19-39(35(44)47-36(4,5)6)27(31)33(43)37-26(32-29(41)28(40)30(42)34(46-32)48-9)21(3)49-25-12-10-22(11-13-25)18-38(7)8/h10-13,20-21,23-24,26-32,34,40-42H,14-19H2,1-9H3,(H,37,43)/t21-,23-,24-,26+,27-,28-,29+,30+,31+,32+,34+/m0/s1. The Hall–Kier alpha value is -1.58. The van der Waals surface area contributed by atoms with Crippen molar-refractivity contribution < 1.29 is 39.1 Å². The smallest absolute Gasteiger partial charge is 0.411 e. The molecule has 3 aliphatic rings. The normalized spacial score (nSPS) is 32.0. The molecule has 4 N–H and O–H groups in total. The summed E-state index contributed by atoms with van der Waals surface area (Å²) in [4.78, 5) is 32.8. The van der Waals surface area contributed by atoms with E-state index < -0.39 is 65.6 Å². The molecule has 13 heteroatoms. The number of likely N-dealkylation sites (tertiary alicyclic amines) is 1. The third-order valence-corrected chi connectivity index (χ3v) is 11.5. The largest absolute Gasteiger partial charge is 0.444 e. The first-order valence-corrected chi connectivity index (χ1v) is 19.7. The summed E-state index contributed by atoms with van der Waals surface area (Å²) in [5.74, 6) is 0.466. The van der Waals surface area contributed by atoms with E-state index in [9.17, 15) is 24.9 Å². The highest BCUT2D eigenvalue weighted by atomic mass is 32.2. The van der Waals surface area contributed by atoms with Gasteiger partial charge in [-0.05, 0) is 89.9 Å². The van der Waals surface area contributed by atoms with Crippen molar-refractivity contribution in [1.29, 1.82) is 0 Å². The summed E-state index contributed by atoms with van der Waals surface area (Å²) in [7, 11) is 4.03. The summed E-state index contributed by atoms with van der Waals surface area (Å²) in [6, 6.07) is 6.40. The van der Waals surface area contributed by atoms with Gasteiger partial charge in [0, 0.05) is 35.8 Å². The molecule has 49 heavy (non-hydrogen) atoms. The molecule has 0 bridgehead atoms. The molecule has 3 heterocycles. The second-order valence-corrected chi connectivity index (χ2v) is 18.0. The molecule has 4 rings (SSSR count). The summed E-state index contributed by atoms with van der Waals surface area (Å²) in [6.45, 7) is 13.4. The number of ether oxygens (including phenoxy) is 3. The Morgan fingerprint density at radius 3 is 2.35 bits per heavy atom. The van der Waals surface area contributed by atoms with Gasteiger partial charge in [0.15, 0.2) is 0 Å². The van der Waals surface area contributed by atoms with Crippen LogP contribution >= 0.6 is 23.5 Å². The second-order valence-electron chi connectivity index (χ2n) is 15.6. The van der Waals surface area contributed by atoms with Gasteiger partial charge in [0.1, 0.15) is 41.5 Å². The number of hydrogen-bond donors (Lipinski definition) is 4. The fourth-order valence-corrected chi connectivity index (χ4v) is 9.12. The molecular formula is C36H59N3O8S2. The molecule has 1 aromatic rings. The Labute approximate surface area is 301 Å². The van der Waals surface area contributed by atoms with Crippen molar-refractivity contribution in [3.63, 3.8) is 0 Å². The van der Waals surface area contributed by atoms with Gasteiger partial charge in [0.05, 0.1) is 12.1 Å². The first-order chi connectivity index (χ1) is 23.0. The lowest BCUT2D eigenvalue weighted by atomic mass is 9.85. The summed E-state index contributed by atoms with van der Waals surface area (Å²) < 4.78 is 18.4. The summed E-state index contributed by atoms with van der Waals surface area (Å²) >= 11 is 2.73. The van der Waals surface area contributed by atoms with E-state index >= 15 is 0 Å². The third kappa shape index (κ3) is 10.5. The number of carbonyl (C=O) groups is 2. The quantitative estimate of drug-likeness (QED) is 0.247. The molecule has 3 saturated heterocycles. The Morgan fingerprint density at radius 1 is 1.08 bits per heavy atom. The van der Waals surface area contributed by atoms with Crippen molar-refractivity contribution in [3.05, 3.63) is 29.8 Å². The predicted molar refractivity (Wildman–Crippen MR) is 193 cm³/mol. The van der Waals surface area contributed by atoms with E-state index in [1.54, 1.807) is 27.0 Å². The first-order valence-electron chi connectivity index (χ1n) is 17.5. The molecule has 3 aliphatic heterocycles. The van der Waals surface area contributed by atoms with Crippen LogP contribution in [0, 0.1) is 17.8 Å². The van der Waals surface area contributed by atoms with E-state index in [0.29, 0.717) is 25.0 Å². The lowest BCUT2D eigenvalue weighted by Gasteiger charge is -2.45. The van der Waals surface area contributed by atoms with Crippen LogP contribution in [0.5, 0.6) is 0 Å². The van der Waals surface area contributed by atoms with E-state index in [0.717, 1.165) is 36.3 Å². The Balaban J connectivity index is 1.65. The van der Waals surface area contributed by atoms with Gasteiger partial charge in [-0.2, -0.15) is 0 Å². The highest BCUT2D eigenvalue weighted by Gasteiger charge is 2.53. The average Bonchev–Trinajstić information content (AvgIpc) is 3.25. The molecule has 3 fully saturated rings. The lowest BCUT2D eigenvalue weighted by molar-refractivity contribution is -0.205. The minimum absolute atomic E-state index is 0.0465. The van der Waals surface area contributed by atoms with Crippen LogP contribution in [0.25, 0.3) is 0 Å². The average molecular weight is 726 g/mol. The number of nitrogens with zero attached hydrogens (tertiary/aromatic N) is 2. The van der Waals surface area contributed by atoms with Gasteiger partial charge in [-0.25, -0.2) is 4.79 Å². The molecule has 2 amide bonds. The zero-order valence-corrected chi connectivity index (χ0v) is 32.2. The number of carbonyl (C=O) groups excluding carboxylic acids is 2. The minimum atomic E-state index is -1.48. The van der Waals surface area contributed by atoms with Crippen molar-refractivity contribution in [2.75, 3.05) is 33.5 Å². The Kier molecular flexibility index (Phi) is 14.2. The zero-order valence-electron chi connectivity index (χ0n) is 30.6. The maximum Gasteiger partial charge on any atom is 0.411 e. The molecule has 0 spiro atoms. The van der Waals surface area contributed by atoms with Crippen LogP contribution in [0.15, 0.2) is 29.2 Å². The molecule has 278 valence electrons. The molecule has 1 aromatic carbocycles. The SMILES string of the molecule is CS[C@H]1O[C@H]([C@H](NC(=O)[C@@H]2[C@@H]3OCC[C@@H](CC(C)C)C[C@H]3CN2C(=O)OC(C)(C)C)[C@H](C)Sc2ccc(CN(C)C)cc2)[C@H](O)[C@H](O)[C@H]1O. The summed E-state index contributed by atoms with van der Waals surface area (Å²) in [6.07, 6.45) is -1.86. The predicted octanol–water partition coefficient (Wildman–Crippen LogP) is 3.96. The molecule has 0 aromatic heterocycles. The van der Waals surface area contributed by atoms with Gasteiger partial charge in [0.25, 0.3) is 0 Å². The molecule has 11 nitrogen and oxygen atoms in total. The van der Waals surface area contributed by atoms with E-state index in [1.165, 1.54) is 28.4 Å². The van der Waals surface area contributed by atoms with E-state index in [2.05, 4.69) is 36.2 Å². The van der Waals surface area contributed by atoms with Crippen LogP contribution < -0.4 is 5.32 Å². The van der Waals surface area contributed by atoms with Crippen molar-refractivity contribution in [1.82, 2.24) is 15.1 Å². The van der Waals surface area contributed by atoms with Gasteiger partial charge in [-0.3, -0.25) is 9.69 Å². The van der Waals surface area contributed by atoms with Crippen LogP contribution in [0.3, 0.4) is 0 Å². The number of benzene rings is 1. The number of amides is 2. The number of thioether (sulfide) groups is 2. The number of hydrogen-bond acceptors (Lipinski definition) is 11. The number of aliphatic hydroxyl groups is 3. The van der Waals surface area contributed by atoms with Crippen molar-refractivity contribution in [3.8, 4) is 0 Å². The van der Waals surface area contributed by atoms with Gasteiger partial charge in [-0.15, -0.1) is 23.5 Å². The fraction of sp³-hybridized carbons (Fsp3) is 0.778. The number of nitrogens with one attached hydrogen (secondary N) is 1. The fourth-order valence-electron chi connectivity index (χ4n) is 7.35. The van der Waals surface area contributed by atoms with Crippen LogP contribution in [-0.4, -0.2) is 130 Å². The Bertz CT molecular complexity index is 1230. The third-order valence-electron chi connectivity index (χ3n) is 9.47. The van der Waals surface area contributed by atoms with Crippen molar-refractivity contribution >= 4 is 35.5 Å². The number of rotatable bonds is 11. The van der Waals surface area contributed by atoms with Crippen molar-refractivity contribution in [2.24, 2.45) is 17.8 Å². The molecule has 0 unspecified atom stereocenters. The first kappa shape index (κ1) is 40.2. The van der Waals surface area contributed by atoms with Crippen LogP contribution in [0.1, 0.15) is 66.4 Å². The molecule has 0 saturated carbocycles. The Morgan fingerprint density at radius 2 is 1.76 bits per heavy atom.